The van der Waals surface area contributed by atoms with Crippen molar-refractivity contribution < 1.29 is 36.2 Å². The number of nitrogens with one attached hydrogen (secondary N) is 1. The Morgan fingerprint density at radius 2 is 1.77 bits per heavy atom. The van der Waals surface area contributed by atoms with E-state index in [2.05, 4.69) is 4.72 Å². The van der Waals surface area contributed by atoms with Gasteiger partial charge in [-0.2, -0.15) is 4.31 Å². The molecule has 0 unspecified atom stereocenters. The van der Waals surface area contributed by atoms with Crippen LogP contribution in [0.2, 0.25) is 0 Å². The number of rotatable bonds is 8. The van der Waals surface area contributed by atoms with E-state index in [0.717, 1.165) is 24.7 Å². The van der Waals surface area contributed by atoms with Crippen LogP contribution < -0.4 is 9.46 Å². The Kier molecular flexibility index (Phi) is 12.0. The van der Waals surface area contributed by atoms with E-state index < -0.39 is 38.1 Å². The lowest BCUT2D eigenvalue weighted by Crippen LogP contribution is -2.48. The molecular formula is C30H45N3O8S2. The molecule has 0 bridgehead atoms. The van der Waals surface area contributed by atoms with Gasteiger partial charge in [0, 0.05) is 38.3 Å². The third-order valence-corrected chi connectivity index (χ3v) is 9.97. The number of nitrogens with zero attached hydrogens (tertiary/aromatic N) is 2. The number of ether oxygens (including phenoxy) is 2. The minimum absolute atomic E-state index is 0.0610. The second kappa shape index (κ2) is 14.8. The number of sulfonamides is 2. The van der Waals surface area contributed by atoms with Crippen LogP contribution in [-0.4, -0.2) is 94.9 Å². The molecule has 2 aromatic rings. The zero-order valence-corrected chi connectivity index (χ0v) is 27.4. The van der Waals surface area contributed by atoms with Crippen LogP contribution in [0, 0.1) is 12.8 Å². The number of benzene rings is 2. The number of aryl methyl sites for hydroxylation is 1. The molecule has 0 fully saturated rings. The van der Waals surface area contributed by atoms with Gasteiger partial charge in [-0.25, -0.2) is 16.8 Å². The second-order valence-electron chi connectivity index (χ2n) is 11.5. The number of aliphatic hydroxyl groups excluding tert-OH is 1. The minimum atomic E-state index is -3.79. The molecule has 2 N–H and O–H groups in total. The van der Waals surface area contributed by atoms with Gasteiger partial charge in [0.15, 0.2) is 0 Å². The number of hydrogen-bond donors (Lipinski definition) is 2. The van der Waals surface area contributed by atoms with Crippen LogP contribution in [0.3, 0.4) is 0 Å². The predicted octanol–water partition coefficient (Wildman–Crippen LogP) is 3.48. The van der Waals surface area contributed by atoms with Crippen LogP contribution in [-0.2, 0) is 24.8 Å². The van der Waals surface area contributed by atoms with Crippen molar-refractivity contribution in [2.75, 3.05) is 44.3 Å². The van der Waals surface area contributed by atoms with Crippen LogP contribution in [0.1, 0.15) is 56.0 Å². The number of likely N-dealkylation sites (N-methyl/N-ethyl adjacent to an activating group) is 1. The van der Waals surface area contributed by atoms with E-state index in [1.165, 1.54) is 22.3 Å². The molecule has 0 aliphatic carbocycles. The van der Waals surface area contributed by atoms with Gasteiger partial charge in [-0.05, 0) is 70.4 Å². The average molecular weight is 640 g/mol. The molecule has 11 nitrogen and oxygen atoms in total. The Bertz CT molecular complexity index is 1450. The largest absolute Gasteiger partial charge is 0.490 e. The third kappa shape index (κ3) is 9.64. The maximum absolute atomic E-state index is 14.1. The highest BCUT2D eigenvalue weighted by atomic mass is 32.2. The third-order valence-electron chi connectivity index (χ3n) is 7.52. The van der Waals surface area contributed by atoms with Gasteiger partial charge in [0.25, 0.3) is 5.91 Å². The van der Waals surface area contributed by atoms with E-state index >= 15 is 0 Å². The number of fused-ring (bicyclic) bond motifs is 1. The van der Waals surface area contributed by atoms with E-state index in [1.807, 2.05) is 20.8 Å². The smallest absolute Gasteiger partial charge is 0.258 e. The van der Waals surface area contributed by atoms with Crippen LogP contribution in [0.25, 0.3) is 0 Å². The molecule has 13 heteroatoms. The van der Waals surface area contributed by atoms with Crippen molar-refractivity contribution in [2.45, 2.75) is 70.1 Å². The fraction of sp³-hybridized carbons (Fsp3) is 0.567. The summed E-state index contributed by atoms with van der Waals surface area (Å²) < 4.78 is 66.7. The van der Waals surface area contributed by atoms with Crippen LogP contribution in [0.5, 0.6) is 5.75 Å². The summed E-state index contributed by atoms with van der Waals surface area (Å²) in [6.45, 7) is 7.66. The van der Waals surface area contributed by atoms with Crippen LogP contribution >= 0.6 is 0 Å². The molecule has 2 aromatic carbocycles. The highest BCUT2D eigenvalue weighted by Gasteiger charge is 2.32. The Hall–Kier alpha value is -2.71. The van der Waals surface area contributed by atoms with Crippen molar-refractivity contribution in [3.05, 3.63) is 53.6 Å². The Balaban J connectivity index is 1.98. The van der Waals surface area contributed by atoms with Gasteiger partial charge in [-0.1, -0.05) is 24.6 Å². The van der Waals surface area contributed by atoms with Gasteiger partial charge in [-0.3, -0.25) is 9.52 Å². The molecule has 4 atom stereocenters. The molecule has 3 rings (SSSR count). The SMILES string of the molecule is Cc1ccc(S(=O)(=O)N(C)C[C@H]2OCCCC[C@@H](C)Oc3ccc(NS(C)(=O)=O)cc3C(=O)N([C@H](C)CO)C[C@@H]2C)cc1. The van der Waals surface area contributed by atoms with E-state index in [-0.39, 0.29) is 47.9 Å². The summed E-state index contributed by atoms with van der Waals surface area (Å²) in [5.74, 6) is -0.477. The molecule has 1 aliphatic rings. The van der Waals surface area contributed by atoms with Crippen LogP contribution in [0.4, 0.5) is 5.69 Å². The van der Waals surface area contributed by atoms with Gasteiger partial charge in [-0.15, -0.1) is 0 Å². The number of anilines is 1. The molecule has 0 saturated carbocycles. The number of carbonyl (C=O) groups excluding carboxylic acids is 1. The number of hydrogen-bond acceptors (Lipinski definition) is 8. The molecule has 240 valence electrons. The lowest BCUT2D eigenvalue weighted by atomic mass is 10.0. The summed E-state index contributed by atoms with van der Waals surface area (Å²) in [4.78, 5) is 15.8. The van der Waals surface area contributed by atoms with Crippen molar-refractivity contribution in [1.29, 1.82) is 0 Å². The molecule has 0 aromatic heterocycles. The zero-order valence-electron chi connectivity index (χ0n) is 25.8. The van der Waals surface area contributed by atoms with E-state index in [4.69, 9.17) is 9.47 Å². The molecule has 0 radical (unpaired) electrons. The van der Waals surface area contributed by atoms with E-state index in [1.54, 1.807) is 43.3 Å². The first-order chi connectivity index (χ1) is 20.1. The lowest BCUT2D eigenvalue weighted by Gasteiger charge is -2.35. The van der Waals surface area contributed by atoms with Gasteiger partial charge < -0.3 is 19.5 Å². The lowest BCUT2D eigenvalue weighted by molar-refractivity contribution is -0.00833. The summed E-state index contributed by atoms with van der Waals surface area (Å²) in [6.07, 6.45) is 2.42. The highest BCUT2D eigenvalue weighted by Crippen LogP contribution is 2.29. The Labute approximate surface area is 256 Å². The first-order valence-corrected chi connectivity index (χ1v) is 17.8. The van der Waals surface area contributed by atoms with Crippen molar-refractivity contribution in [3.8, 4) is 5.75 Å². The summed E-state index contributed by atoms with van der Waals surface area (Å²) in [5, 5.41) is 10.1. The van der Waals surface area contributed by atoms with Gasteiger partial charge in [0.1, 0.15) is 5.75 Å². The Morgan fingerprint density at radius 1 is 1.09 bits per heavy atom. The molecule has 0 spiro atoms. The van der Waals surface area contributed by atoms with Gasteiger partial charge in [0.2, 0.25) is 20.0 Å². The highest BCUT2D eigenvalue weighted by molar-refractivity contribution is 7.92. The molecule has 1 amide bonds. The Morgan fingerprint density at radius 3 is 2.40 bits per heavy atom. The van der Waals surface area contributed by atoms with Crippen molar-refractivity contribution >= 4 is 31.6 Å². The predicted molar refractivity (Wildman–Crippen MR) is 166 cm³/mol. The average Bonchev–Trinajstić information content (AvgIpc) is 2.93. The summed E-state index contributed by atoms with van der Waals surface area (Å²) in [7, 11) is -5.88. The monoisotopic (exact) mass is 639 g/mol. The van der Waals surface area contributed by atoms with E-state index in [0.29, 0.717) is 18.8 Å². The molecule has 1 heterocycles. The van der Waals surface area contributed by atoms with Crippen molar-refractivity contribution in [3.63, 3.8) is 0 Å². The normalized spacial score (nSPS) is 21.9. The standard InChI is InChI=1S/C30H45N3O8S2/c1-21-10-13-26(14-11-21)43(38,39)32(5)19-29-22(2)18-33(23(3)20-34)30(35)27-17-25(31-42(6,36)37)12-15-28(27)41-24(4)9-7-8-16-40-29/h10-15,17,22-24,29,31,34H,7-9,16,18-20H2,1-6H3/t22-,23+,24+,29+/m0/s1. The summed E-state index contributed by atoms with van der Waals surface area (Å²) in [6, 6.07) is 10.6. The fourth-order valence-corrected chi connectivity index (χ4v) is 6.64. The number of carbonyl (C=O) groups is 1. The fourth-order valence-electron chi connectivity index (χ4n) is 4.90. The molecule has 0 saturated heterocycles. The first kappa shape index (κ1) is 34.8. The van der Waals surface area contributed by atoms with Gasteiger partial charge >= 0.3 is 0 Å². The maximum atomic E-state index is 14.1. The second-order valence-corrected chi connectivity index (χ2v) is 15.3. The van der Waals surface area contributed by atoms with Gasteiger partial charge in [0.05, 0.1) is 41.6 Å². The maximum Gasteiger partial charge on any atom is 0.258 e. The first-order valence-electron chi connectivity index (χ1n) is 14.5. The molecule has 43 heavy (non-hydrogen) atoms. The topological polar surface area (TPSA) is 143 Å². The summed E-state index contributed by atoms with van der Waals surface area (Å²) >= 11 is 0. The van der Waals surface area contributed by atoms with E-state index in [9.17, 15) is 26.7 Å². The number of aliphatic hydroxyl groups is 1. The number of amides is 1. The summed E-state index contributed by atoms with van der Waals surface area (Å²) in [5.41, 5.74) is 1.32. The quantitative estimate of drug-likeness (QED) is 0.447. The zero-order chi connectivity index (χ0) is 31.9. The van der Waals surface area contributed by atoms with Crippen molar-refractivity contribution in [1.82, 2.24) is 9.21 Å². The molecule has 1 aliphatic heterocycles. The molecular weight excluding hydrogens is 594 g/mol. The van der Waals surface area contributed by atoms with Crippen molar-refractivity contribution in [2.24, 2.45) is 5.92 Å². The van der Waals surface area contributed by atoms with Crippen LogP contribution in [0.15, 0.2) is 47.4 Å². The minimum Gasteiger partial charge on any atom is -0.490 e.